The van der Waals surface area contributed by atoms with Gasteiger partial charge >= 0.3 is 0 Å². The zero-order valence-corrected chi connectivity index (χ0v) is 18.5. The molecule has 168 valence electrons. The van der Waals surface area contributed by atoms with Crippen LogP contribution >= 0.6 is 0 Å². The van der Waals surface area contributed by atoms with Gasteiger partial charge in [-0.15, -0.1) is 0 Å². The SMILES string of the molecule is c1ccc2c(c1)c1ccc([O+]3CCOC3)cc1c1c([O+]3CCOC3)cc([O+]3CCOC3)cc21. The molecule has 3 aliphatic rings. The third-order valence-electron chi connectivity index (χ3n) is 6.92. The van der Waals surface area contributed by atoms with Gasteiger partial charge in [-0.3, -0.25) is 14.2 Å². The first-order valence-electron chi connectivity index (χ1n) is 11.5. The van der Waals surface area contributed by atoms with E-state index in [1.54, 1.807) is 0 Å². The Kier molecular flexibility index (Phi) is 4.57. The summed E-state index contributed by atoms with van der Waals surface area (Å²) in [5.74, 6) is 3.36. The number of rotatable bonds is 3. The lowest BCUT2D eigenvalue weighted by Crippen LogP contribution is -2.06. The molecule has 7 rings (SSSR count). The lowest BCUT2D eigenvalue weighted by Gasteiger charge is -2.23. The number of ether oxygens (including phenoxy) is 3. The maximum Gasteiger partial charge on any atom is 0.287 e. The Morgan fingerprint density at radius 3 is 1.70 bits per heavy atom. The van der Waals surface area contributed by atoms with Gasteiger partial charge in [-0.25, -0.2) is 0 Å². The van der Waals surface area contributed by atoms with E-state index >= 15 is 0 Å². The molecule has 4 aromatic rings. The monoisotopic (exact) mass is 447 g/mol. The number of hydrogen-bond donors (Lipinski definition) is 0. The molecule has 4 aromatic carbocycles. The Bertz CT molecular complexity index is 1320. The highest BCUT2D eigenvalue weighted by Crippen LogP contribution is 2.48. The summed E-state index contributed by atoms with van der Waals surface area (Å²) in [5.41, 5.74) is 0. The van der Waals surface area contributed by atoms with Gasteiger partial charge in [-0.1, -0.05) is 24.3 Å². The van der Waals surface area contributed by atoms with Crippen LogP contribution in [0.1, 0.15) is 0 Å². The minimum absolute atomic E-state index is 0.530. The second-order valence-electron chi connectivity index (χ2n) is 8.77. The lowest BCUT2D eigenvalue weighted by atomic mass is 9.93. The van der Waals surface area contributed by atoms with E-state index in [1.807, 2.05) is 0 Å². The van der Waals surface area contributed by atoms with Gasteiger partial charge < -0.3 is 13.1 Å². The maximum absolute atomic E-state index is 5.75. The molecule has 0 N–H and O–H groups in total. The van der Waals surface area contributed by atoms with Crippen LogP contribution in [0.5, 0.6) is 17.2 Å². The smallest absolute Gasteiger partial charge is 0.287 e. The molecule has 0 amide bonds. The molecule has 0 spiro atoms. The molecule has 0 aromatic heterocycles. The molecule has 3 heterocycles. The number of fused-ring (bicyclic) bond motifs is 6. The Morgan fingerprint density at radius 1 is 0.515 bits per heavy atom. The summed E-state index contributed by atoms with van der Waals surface area (Å²) >= 11 is 0. The van der Waals surface area contributed by atoms with Crippen molar-refractivity contribution in [2.24, 2.45) is 0 Å². The highest BCUT2D eigenvalue weighted by Gasteiger charge is 2.30. The zero-order valence-electron chi connectivity index (χ0n) is 18.5. The molecule has 0 radical (unpaired) electrons. The molecular weight excluding hydrogens is 420 g/mol. The fraction of sp³-hybridized carbons (Fsp3) is 0.333. The maximum atomic E-state index is 5.75. The van der Waals surface area contributed by atoms with Crippen molar-refractivity contribution in [3.05, 3.63) is 54.6 Å². The van der Waals surface area contributed by atoms with Crippen molar-refractivity contribution >= 4 is 32.3 Å². The van der Waals surface area contributed by atoms with E-state index in [-0.39, 0.29) is 0 Å². The molecule has 0 bridgehead atoms. The second-order valence-corrected chi connectivity index (χ2v) is 8.77. The van der Waals surface area contributed by atoms with Crippen LogP contribution < -0.4 is 0 Å². The topological polar surface area (TPSA) is 35.8 Å². The first kappa shape index (κ1) is 19.4. The Morgan fingerprint density at radius 2 is 1.06 bits per heavy atom. The molecule has 0 aliphatic carbocycles. The Balaban J connectivity index is 1.58. The number of benzene rings is 4. The van der Waals surface area contributed by atoms with Crippen LogP contribution in [0, 0.1) is 0 Å². The minimum atomic E-state index is 0.530. The third-order valence-corrected chi connectivity index (χ3v) is 6.92. The number of hydrogen-bond acceptors (Lipinski definition) is 3. The molecule has 6 nitrogen and oxygen atoms in total. The van der Waals surface area contributed by atoms with E-state index in [0.29, 0.717) is 27.0 Å². The van der Waals surface area contributed by atoms with Gasteiger partial charge in [0.2, 0.25) is 0 Å². The van der Waals surface area contributed by atoms with Crippen LogP contribution in [0.25, 0.3) is 32.3 Å². The quantitative estimate of drug-likeness (QED) is 0.290. The van der Waals surface area contributed by atoms with Gasteiger partial charge in [-0.05, 0) is 22.2 Å². The van der Waals surface area contributed by atoms with Gasteiger partial charge in [0.25, 0.3) is 37.6 Å². The van der Waals surface area contributed by atoms with E-state index in [9.17, 15) is 0 Å². The largest absolute Gasteiger partial charge is 0.550 e. The standard InChI is InChI=1S/C27H27O6/c1-2-4-22-21(3-1)23-6-5-19(31-10-7-28-16-31)13-24(23)27-25(22)14-20(32-11-8-29-17-32)15-26(27)33-12-9-30-18-33/h1-6,13-15H,7-12,16-18H2/q+3. The van der Waals surface area contributed by atoms with Crippen LogP contribution in [-0.2, 0) is 27.3 Å². The molecule has 33 heavy (non-hydrogen) atoms. The molecular formula is C27H27O6+3. The molecule has 0 unspecified atom stereocenters. The highest BCUT2D eigenvalue weighted by molar-refractivity contribution is 6.27. The summed E-state index contributed by atoms with van der Waals surface area (Å²) in [6, 6.07) is 20.0. The summed E-state index contributed by atoms with van der Waals surface area (Å²) in [6.45, 7) is 6.31. The van der Waals surface area contributed by atoms with Gasteiger partial charge in [-0.2, -0.15) is 0 Å². The van der Waals surface area contributed by atoms with Crippen molar-refractivity contribution in [1.82, 2.24) is 0 Å². The van der Waals surface area contributed by atoms with Crippen LogP contribution in [0.4, 0.5) is 0 Å². The summed E-state index contributed by atoms with van der Waals surface area (Å²) in [7, 11) is 0. The van der Waals surface area contributed by atoms with Crippen LogP contribution in [-0.4, -0.2) is 60.0 Å². The highest BCUT2D eigenvalue weighted by atomic mass is 16.8. The Hall–Kier alpha value is -3.06. The van der Waals surface area contributed by atoms with Crippen molar-refractivity contribution in [3.8, 4) is 17.2 Å². The van der Waals surface area contributed by atoms with Crippen molar-refractivity contribution in [3.63, 3.8) is 0 Å². The molecule has 3 aliphatic heterocycles. The fourth-order valence-corrected chi connectivity index (χ4v) is 5.25. The van der Waals surface area contributed by atoms with Gasteiger partial charge in [0, 0.05) is 29.0 Å². The first-order valence-corrected chi connectivity index (χ1v) is 11.5. The van der Waals surface area contributed by atoms with E-state index in [4.69, 9.17) is 14.2 Å². The van der Waals surface area contributed by atoms with Crippen molar-refractivity contribution < 1.29 is 27.3 Å². The molecule has 0 saturated carbocycles. The van der Waals surface area contributed by atoms with E-state index in [1.165, 1.54) is 32.3 Å². The third kappa shape index (κ3) is 3.13. The van der Waals surface area contributed by atoms with Crippen molar-refractivity contribution in [1.29, 1.82) is 0 Å². The first-order chi connectivity index (χ1) is 16.4. The van der Waals surface area contributed by atoms with Gasteiger partial charge in [0.15, 0.2) is 19.8 Å². The normalized spacial score (nSPS) is 19.1. The minimum Gasteiger partial charge on any atom is -0.550 e. The predicted molar refractivity (Wildman–Crippen MR) is 128 cm³/mol. The predicted octanol–water partition coefficient (Wildman–Crippen LogP) is 5.91. The van der Waals surface area contributed by atoms with Crippen LogP contribution in [0.2, 0.25) is 0 Å². The van der Waals surface area contributed by atoms with Crippen molar-refractivity contribution in [2.45, 2.75) is 0 Å². The lowest BCUT2D eigenvalue weighted by molar-refractivity contribution is -0.0780. The zero-order chi connectivity index (χ0) is 21.8. The Labute approximate surface area is 191 Å². The van der Waals surface area contributed by atoms with Gasteiger partial charge in [0.1, 0.15) is 25.9 Å². The summed E-state index contributed by atoms with van der Waals surface area (Å²) in [6.07, 6.45) is 0. The molecule has 0 atom stereocenters. The molecule has 6 heteroatoms. The summed E-state index contributed by atoms with van der Waals surface area (Å²) in [4.78, 5) is 0. The average Bonchev–Trinajstić information content (AvgIpc) is 3.66. The summed E-state index contributed by atoms with van der Waals surface area (Å²) in [5, 5.41) is 7.51. The van der Waals surface area contributed by atoms with Gasteiger partial charge in [0.05, 0.1) is 5.39 Å². The average molecular weight is 448 g/mol. The van der Waals surface area contributed by atoms with E-state index < -0.39 is 0 Å². The van der Waals surface area contributed by atoms with E-state index in [2.05, 4.69) is 67.7 Å². The van der Waals surface area contributed by atoms with Crippen LogP contribution in [0.3, 0.4) is 0 Å². The molecule has 3 saturated heterocycles. The van der Waals surface area contributed by atoms with E-state index in [0.717, 1.165) is 50.3 Å². The fourth-order valence-electron chi connectivity index (χ4n) is 5.25. The van der Waals surface area contributed by atoms with Crippen LogP contribution in [0.15, 0.2) is 54.6 Å². The second kappa shape index (κ2) is 7.76. The summed E-state index contributed by atoms with van der Waals surface area (Å²) < 4.78 is 26.8. The molecule has 3 fully saturated rings. The van der Waals surface area contributed by atoms with Crippen molar-refractivity contribution in [2.75, 3.05) is 60.0 Å².